The maximum Gasteiger partial charge on any atom is 0.235 e. The topological polar surface area (TPSA) is 43.9 Å². The predicted molar refractivity (Wildman–Crippen MR) is 223 cm³/mol. The summed E-state index contributed by atoms with van der Waals surface area (Å²) < 4.78 is 8.70. The largest absolute Gasteiger partial charge is 0.456 e. The molecule has 0 N–H and O–H groups in total. The normalized spacial score (nSPS) is 13.6. The van der Waals surface area contributed by atoms with Crippen LogP contribution in [0.1, 0.15) is 22.3 Å². The number of furan rings is 1. The molecule has 0 aliphatic heterocycles. The second-order valence-corrected chi connectivity index (χ2v) is 14.8. The molecule has 3 heterocycles. The Bertz CT molecular complexity index is 3410. The summed E-state index contributed by atoms with van der Waals surface area (Å²) >= 11 is 0. The van der Waals surface area contributed by atoms with Crippen LogP contribution in [0, 0.1) is 0 Å². The van der Waals surface area contributed by atoms with Gasteiger partial charge in [-0.25, -0.2) is 9.97 Å². The summed E-state index contributed by atoms with van der Waals surface area (Å²) in [6.45, 7) is 0. The number of nitrogens with zero attached hydrogens (tertiary/aromatic N) is 3. The molecular weight excluding hydrogens is 671 g/mol. The molecule has 0 atom stereocenters. The fourth-order valence-electron chi connectivity index (χ4n) is 10.2. The molecule has 2 aliphatic carbocycles. The number of aromatic nitrogens is 3. The molecule has 0 unspecified atom stereocenters. The molecule has 8 aromatic carbocycles. The van der Waals surface area contributed by atoms with Gasteiger partial charge in [-0.3, -0.25) is 4.57 Å². The van der Waals surface area contributed by atoms with E-state index >= 15 is 0 Å². The summed E-state index contributed by atoms with van der Waals surface area (Å²) in [4.78, 5) is 11.0. The van der Waals surface area contributed by atoms with Crippen molar-refractivity contribution in [3.8, 4) is 39.5 Å². The van der Waals surface area contributed by atoms with E-state index in [1.165, 1.54) is 55.3 Å². The standard InChI is InChI=1S/C51H29N3O/c1-7-21-38-30(14-1)31-15-2-8-22-39(31)51(38)40-23-9-3-17-34(40)47-41(51)29-28-33-32-16-5-11-25-43(32)54(49(33)47)50-52-42-24-10-4-18-35(42)48(53-50)37-20-13-27-45-46(37)36-19-6-12-26-44(36)55-45/h1-29H. The van der Waals surface area contributed by atoms with Crippen molar-refractivity contribution in [1.82, 2.24) is 14.5 Å². The van der Waals surface area contributed by atoms with Crippen LogP contribution in [-0.4, -0.2) is 14.5 Å². The Labute approximate surface area is 315 Å². The minimum Gasteiger partial charge on any atom is -0.456 e. The van der Waals surface area contributed by atoms with Crippen LogP contribution in [0.4, 0.5) is 0 Å². The van der Waals surface area contributed by atoms with Crippen LogP contribution in [-0.2, 0) is 5.41 Å². The summed E-state index contributed by atoms with van der Waals surface area (Å²) in [6.07, 6.45) is 0. The fraction of sp³-hybridized carbons (Fsp3) is 0.0196. The highest BCUT2D eigenvalue weighted by Gasteiger charge is 2.52. The molecule has 0 bridgehead atoms. The highest BCUT2D eigenvalue weighted by molar-refractivity contribution is 6.17. The SMILES string of the molecule is c1ccc2c(c1)-c1ccccc1C21c2ccccc2-c2c1ccc1c3ccccc3n(-c3nc(-c4cccc5oc6ccccc6c45)c4ccccc4n3)c21. The third kappa shape index (κ3) is 3.57. The summed E-state index contributed by atoms with van der Waals surface area (Å²) in [5, 5.41) is 5.49. The minimum absolute atomic E-state index is 0.456. The van der Waals surface area contributed by atoms with Gasteiger partial charge in [-0.05, 0) is 63.2 Å². The maximum atomic E-state index is 6.38. The maximum absolute atomic E-state index is 6.38. The highest BCUT2D eigenvalue weighted by atomic mass is 16.3. The van der Waals surface area contributed by atoms with E-state index in [0.29, 0.717) is 5.95 Å². The van der Waals surface area contributed by atoms with Crippen LogP contribution in [0.2, 0.25) is 0 Å². The zero-order chi connectivity index (χ0) is 35.8. The first-order valence-corrected chi connectivity index (χ1v) is 18.8. The summed E-state index contributed by atoms with van der Waals surface area (Å²) in [7, 11) is 0. The molecular formula is C51H29N3O. The number of rotatable bonds is 2. The lowest BCUT2D eigenvalue weighted by atomic mass is 9.70. The molecule has 2 aliphatic rings. The Hall–Kier alpha value is -7.30. The van der Waals surface area contributed by atoms with Gasteiger partial charge in [0.15, 0.2) is 0 Å². The molecule has 0 radical (unpaired) electrons. The molecule has 0 saturated heterocycles. The lowest BCUT2D eigenvalue weighted by molar-refractivity contribution is 0.669. The first-order chi connectivity index (χ1) is 27.3. The first-order valence-electron chi connectivity index (χ1n) is 18.8. The molecule has 4 heteroatoms. The zero-order valence-corrected chi connectivity index (χ0v) is 29.5. The van der Waals surface area contributed by atoms with E-state index in [1.54, 1.807) is 0 Å². The van der Waals surface area contributed by atoms with Crippen LogP contribution >= 0.6 is 0 Å². The quantitative estimate of drug-likeness (QED) is 0.180. The molecule has 1 spiro atoms. The average molecular weight is 700 g/mol. The van der Waals surface area contributed by atoms with E-state index in [9.17, 15) is 0 Å². The lowest BCUT2D eigenvalue weighted by Crippen LogP contribution is -2.25. The average Bonchev–Trinajstić information content (AvgIpc) is 3.97. The third-order valence-electron chi connectivity index (χ3n) is 12.2. The van der Waals surface area contributed by atoms with Gasteiger partial charge in [-0.15, -0.1) is 0 Å². The van der Waals surface area contributed by atoms with E-state index < -0.39 is 5.41 Å². The van der Waals surface area contributed by atoms with Gasteiger partial charge in [-0.1, -0.05) is 152 Å². The zero-order valence-electron chi connectivity index (χ0n) is 29.5. The summed E-state index contributed by atoms with van der Waals surface area (Å²) in [5.41, 5.74) is 16.6. The van der Waals surface area contributed by atoms with Crippen molar-refractivity contribution >= 4 is 54.6 Å². The van der Waals surface area contributed by atoms with Crippen molar-refractivity contribution in [2.45, 2.75) is 5.41 Å². The van der Waals surface area contributed by atoms with Crippen molar-refractivity contribution in [2.24, 2.45) is 0 Å². The summed E-state index contributed by atoms with van der Waals surface area (Å²) in [5.74, 6) is 0.642. The number of benzene rings is 8. The number of fused-ring (bicyclic) bond motifs is 18. The van der Waals surface area contributed by atoms with E-state index in [4.69, 9.17) is 14.4 Å². The smallest absolute Gasteiger partial charge is 0.235 e. The summed E-state index contributed by atoms with van der Waals surface area (Å²) in [6, 6.07) is 63.3. The first kappa shape index (κ1) is 29.2. The number of para-hydroxylation sites is 3. The second kappa shape index (κ2) is 10.4. The molecule has 0 fully saturated rings. The molecule has 0 amide bonds. The van der Waals surface area contributed by atoms with Crippen LogP contribution in [0.3, 0.4) is 0 Å². The van der Waals surface area contributed by atoms with Gasteiger partial charge in [0.2, 0.25) is 5.95 Å². The highest BCUT2D eigenvalue weighted by Crippen LogP contribution is 2.64. The Kier molecular flexibility index (Phi) is 5.54. The van der Waals surface area contributed by atoms with Crippen LogP contribution in [0.5, 0.6) is 0 Å². The van der Waals surface area contributed by atoms with E-state index in [0.717, 1.165) is 55.1 Å². The monoisotopic (exact) mass is 699 g/mol. The molecule has 3 aromatic heterocycles. The van der Waals surface area contributed by atoms with Crippen LogP contribution < -0.4 is 0 Å². The fourth-order valence-corrected chi connectivity index (χ4v) is 10.2. The molecule has 4 nitrogen and oxygen atoms in total. The van der Waals surface area contributed by atoms with Crippen molar-refractivity contribution in [2.75, 3.05) is 0 Å². The van der Waals surface area contributed by atoms with Gasteiger partial charge < -0.3 is 4.42 Å². The van der Waals surface area contributed by atoms with Crippen molar-refractivity contribution in [3.63, 3.8) is 0 Å². The van der Waals surface area contributed by atoms with E-state index in [1.807, 2.05) is 18.2 Å². The number of hydrogen-bond donors (Lipinski definition) is 0. The van der Waals surface area contributed by atoms with Crippen molar-refractivity contribution in [1.29, 1.82) is 0 Å². The van der Waals surface area contributed by atoms with Gasteiger partial charge in [-0.2, -0.15) is 0 Å². The molecule has 254 valence electrons. The molecule has 55 heavy (non-hydrogen) atoms. The van der Waals surface area contributed by atoms with Gasteiger partial charge in [0.25, 0.3) is 0 Å². The van der Waals surface area contributed by atoms with E-state index in [2.05, 4.69) is 162 Å². The Morgan fingerprint density at radius 1 is 0.418 bits per heavy atom. The molecule has 11 aromatic rings. The van der Waals surface area contributed by atoms with Gasteiger partial charge >= 0.3 is 0 Å². The van der Waals surface area contributed by atoms with Gasteiger partial charge in [0.05, 0.1) is 27.7 Å². The molecule has 0 saturated carbocycles. The minimum atomic E-state index is -0.456. The lowest BCUT2D eigenvalue weighted by Gasteiger charge is -2.30. The van der Waals surface area contributed by atoms with Crippen molar-refractivity contribution < 1.29 is 4.42 Å². The predicted octanol–water partition coefficient (Wildman–Crippen LogP) is 12.6. The second-order valence-electron chi connectivity index (χ2n) is 14.8. The van der Waals surface area contributed by atoms with Gasteiger partial charge in [0, 0.05) is 38.1 Å². The Morgan fingerprint density at radius 3 is 1.82 bits per heavy atom. The number of hydrogen-bond acceptors (Lipinski definition) is 3. The third-order valence-corrected chi connectivity index (χ3v) is 12.2. The van der Waals surface area contributed by atoms with E-state index in [-0.39, 0.29) is 0 Å². The van der Waals surface area contributed by atoms with Crippen molar-refractivity contribution in [3.05, 3.63) is 198 Å². The van der Waals surface area contributed by atoms with Crippen LogP contribution in [0.15, 0.2) is 180 Å². The Balaban J connectivity index is 1.19. The Morgan fingerprint density at radius 2 is 1.02 bits per heavy atom. The molecule has 13 rings (SSSR count). The van der Waals surface area contributed by atoms with Gasteiger partial charge in [0.1, 0.15) is 11.2 Å². The van der Waals surface area contributed by atoms with Crippen LogP contribution in [0.25, 0.3) is 94.1 Å².